The molecule has 0 saturated heterocycles. The minimum atomic E-state index is -1.07. The van der Waals surface area contributed by atoms with E-state index in [0.29, 0.717) is 12.8 Å². The summed E-state index contributed by atoms with van der Waals surface area (Å²) in [6, 6.07) is 9.50. The highest BCUT2D eigenvalue weighted by molar-refractivity contribution is 6.33. The first-order valence-electron chi connectivity index (χ1n) is 20.1. The second-order valence-corrected chi connectivity index (χ2v) is 13.9. The summed E-state index contributed by atoms with van der Waals surface area (Å²) in [6.45, 7) is 4.52. The summed E-state index contributed by atoms with van der Waals surface area (Å²) in [6.07, 6.45) is 35.9. The fourth-order valence-electron chi connectivity index (χ4n) is 6.41. The molecule has 0 saturated carbocycles. The van der Waals surface area contributed by atoms with Gasteiger partial charge in [-0.25, -0.2) is 19.4 Å². The lowest BCUT2D eigenvalue weighted by atomic mass is 9.93. The molecule has 5 heteroatoms. The van der Waals surface area contributed by atoms with Gasteiger partial charge < -0.3 is 0 Å². The zero-order valence-electron chi connectivity index (χ0n) is 30.7. The Hall–Kier alpha value is -2.17. The van der Waals surface area contributed by atoms with Crippen molar-refractivity contribution in [3.05, 3.63) is 35.9 Å². The Morgan fingerprint density at radius 2 is 0.830 bits per heavy atom. The van der Waals surface area contributed by atoms with Crippen LogP contribution in [-0.4, -0.2) is 17.7 Å². The molecule has 0 heterocycles. The molecule has 5 nitrogen and oxygen atoms in total. The third-order valence-electron chi connectivity index (χ3n) is 9.52. The number of unbranched alkanes of at least 4 members (excludes halogenated alkanes) is 26. The van der Waals surface area contributed by atoms with Crippen LogP contribution in [0.2, 0.25) is 0 Å². The van der Waals surface area contributed by atoms with Crippen LogP contribution in [0.25, 0.3) is 0 Å². The molecule has 1 rings (SSSR count). The molecule has 0 fully saturated rings. The van der Waals surface area contributed by atoms with Gasteiger partial charge in [-0.05, 0) is 18.4 Å². The van der Waals surface area contributed by atoms with Gasteiger partial charge in [-0.1, -0.05) is 218 Å². The van der Waals surface area contributed by atoms with E-state index in [1.54, 1.807) is 0 Å². The quantitative estimate of drug-likeness (QED) is 0.0326. The number of rotatable bonds is 33. The zero-order valence-corrected chi connectivity index (χ0v) is 30.7. The highest BCUT2D eigenvalue weighted by atomic mass is 17.2. The molecule has 0 aromatic heterocycles. The third kappa shape index (κ3) is 25.5. The summed E-state index contributed by atoms with van der Waals surface area (Å²) in [7, 11) is 0. The highest BCUT2D eigenvalue weighted by Gasteiger charge is 2.26. The molecule has 0 radical (unpaired) electrons. The van der Waals surface area contributed by atoms with Crippen LogP contribution in [0.3, 0.4) is 0 Å². The lowest BCUT2D eigenvalue weighted by molar-refractivity contribution is -0.258. The predicted octanol–water partition coefficient (Wildman–Crippen LogP) is 13.1. The van der Waals surface area contributed by atoms with E-state index in [9.17, 15) is 14.4 Å². The molecule has 0 aliphatic carbocycles. The average Bonchev–Trinajstić information content (AvgIpc) is 3.09. The smallest absolute Gasteiger partial charge is 0.287 e. The topological polar surface area (TPSA) is 69.7 Å². The predicted molar refractivity (Wildman–Crippen MR) is 196 cm³/mol. The lowest BCUT2D eigenvalue weighted by Crippen LogP contribution is -2.23. The standard InChI is InChI=1S/C42H72O5/c1-3-5-7-9-11-13-15-17-19-21-23-25-27-32-36-39(38-34-30-29-31-35-38)41(44)46-47-42(45)40(43)37-33-28-26-24-22-20-18-16-14-12-10-8-6-4-2/h29-31,34-35,39H,3-28,32-33,36-37H2,1-2H3. The summed E-state index contributed by atoms with van der Waals surface area (Å²) in [5, 5.41) is 0. The number of carbonyl (C=O) groups is 3. The lowest BCUT2D eigenvalue weighted by Gasteiger charge is -2.15. The Bertz CT molecular complexity index is 867. The second-order valence-electron chi connectivity index (χ2n) is 13.9. The monoisotopic (exact) mass is 657 g/mol. The van der Waals surface area contributed by atoms with Crippen LogP contribution in [-0.2, 0) is 24.2 Å². The van der Waals surface area contributed by atoms with Crippen molar-refractivity contribution in [2.24, 2.45) is 0 Å². The number of ketones is 1. The van der Waals surface area contributed by atoms with Crippen molar-refractivity contribution in [1.29, 1.82) is 0 Å². The van der Waals surface area contributed by atoms with E-state index in [1.165, 1.54) is 141 Å². The summed E-state index contributed by atoms with van der Waals surface area (Å²) in [5.41, 5.74) is 0.844. The van der Waals surface area contributed by atoms with E-state index in [0.717, 1.165) is 37.7 Å². The fourth-order valence-corrected chi connectivity index (χ4v) is 6.41. The van der Waals surface area contributed by atoms with Gasteiger partial charge in [0.1, 0.15) is 0 Å². The maximum absolute atomic E-state index is 12.9. The molecule has 270 valence electrons. The maximum Gasteiger partial charge on any atom is 0.421 e. The third-order valence-corrected chi connectivity index (χ3v) is 9.52. The zero-order chi connectivity index (χ0) is 34.0. The minimum Gasteiger partial charge on any atom is -0.287 e. The van der Waals surface area contributed by atoms with Crippen molar-refractivity contribution in [2.75, 3.05) is 0 Å². The number of Topliss-reactive ketones (excluding diaryl/α,β-unsaturated/α-hetero) is 1. The van der Waals surface area contributed by atoms with Crippen molar-refractivity contribution < 1.29 is 24.2 Å². The van der Waals surface area contributed by atoms with Gasteiger partial charge in [0.15, 0.2) is 0 Å². The van der Waals surface area contributed by atoms with Crippen molar-refractivity contribution in [3.8, 4) is 0 Å². The first-order valence-corrected chi connectivity index (χ1v) is 20.1. The summed E-state index contributed by atoms with van der Waals surface area (Å²) < 4.78 is 0. The molecular weight excluding hydrogens is 584 g/mol. The van der Waals surface area contributed by atoms with Crippen LogP contribution in [0.4, 0.5) is 0 Å². The average molecular weight is 657 g/mol. The van der Waals surface area contributed by atoms with Crippen LogP contribution < -0.4 is 0 Å². The van der Waals surface area contributed by atoms with Gasteiger partial charge in [-0.3, -0.25) is 4.79 Å². The Morgan fingerprint density at radius 1 is 0.468 bits per heavy atom. The van der Waals surface area contributed by atoms with E-state index >= 15 is 0 Å². The molecular formula is C42H72O5. The molecule has 1 aromatic rings. The molecule has 47 heavy (non-hydrogen) atoms. The van der Waals surface area contributed by atoms with Crippen molar-refractivity contribution in [2.45, 2.75) is 212 Å². The van der Waals surface area contributed by atoms with E-state index in [1.807, 2.05) is 30.3 Å². The molecule has 0 aliphatic heterocycles. The van der Waals surface area contributed by atoms with Gasteiger partial charge in [0.05, 0.1) is 5.92 Å². The summed E-state index contributed by atoms with van der Waals surface area (Å²) in [5.74, 6) is -2.82. The van der Waals surface area contributed by atoms with Gasteiger partial charge >= 0.3 is 11.9 Å². The van der Waals surface area contributed by atoms with Crippen LogP contribution in [0.5, 0.6) is 0 Å². The van der Waals surface area contributed by atoms with E-state index < -0.39 is 23.6 Å². The van der Waals surface area contributed by atoms with Crippen LogP contribution in [0.15, 0.2) is 30.3 Å². The van der Waals surface area contributed by atoms with Gasteiger partial charge in [0, 0.05) is 6.42 Å². The van der Waals surface area contributed by atoms with E-state index in [-0.39, 0.29) is 6.42 Å². The SMILES string of the molecule is CCCCCCCCCCCCCCCCC(=O)C(=O)OOC(=O)C(CCCCCCCCCCCCCCCC)c1ccccc1. The van der Waals surface area contributed by atoms with Gasteiger partial charge in [0.2, 0.25) is 5.78 Å². The van der Waals surface area contributed by atoms with Crippen molar-refractivity contribution in [3.63, 3.8) is 0 Å². The molecule has 0 bridgehead atoms. The fraction of sp³-hybridized carbons (Fsp3) is 0.786. The Balaban J connectivity index is 2.15. The number of hydrogen-bond donors (Lipinski definition) is 0. The number of carbonyl (C=O) groups excluding carboxylic acids is 3. The summed E-state index contributed by atoms with van der Waals surface area (Å²) >= 11 is 0. The molecule has 1 aromatic carbocycles. The number of benzene rings is 1. The van der Waals surface area contributed by atoms with Gasteiger partial charge in [-0.15, -0.1) is 0 Å². The maximum atomic E-state index is 12.9. The van der Waals surface area contributed by atoms with Gasteiger partial charge in [0.25, 0.3) is 0 Å². The molecule has 0 spiro atoms. The Morgan fingerprint density at radius 3 is 1.23 bits per heavy atom. The van der Waals surface area contributed by atoms with Crippen molar-refractivity contribution >= 4 is 17.7 Å². The van der Waals surface area contributed by atoms with Gasteiger partial charge in [-0.2, -0.15) is 0 Å². The molecule has 0 aliphatic rings. The Labute approximate surface area is 289 Å². The first-order chi connectivity index (χ1) is 23.1. The highest BCUT2D eigenvalue weighted by Crippen LogP contribution is 2.25. The van der Waals surface area contributed by atoms with Crippen LogP contribution >= 0.6 is 0 Å². The molecule has 1 atom stereocenters. The first kappa shape index (κ1) is 42.9. The second kappa shape index (κ2) is 32.4. The van der Waals surface area contributed by atoms with Crippen LogP contribution in [0.1, 0.15) is 218 Å². The largest absolute Gasteiger partial charge is 0.421 e. The molecule has 1 unspecified atom stereocenters. The van der Waals surface area contributed by atoms with E-state index in [2.05, 4.69) is 13.8 Å². The Kier molecular flexibility index (Phi) is 29.5. The molecule has 0 amide bonds. The minimum absolute atomic E-state index is 0.135. The normalized spacial score (nSPS) is 11.8. The molecule has 0 N–H and O–H groups in total. The van der Waals surface area contributed by atoms with E-state index in [4.69, 9.17) is 9.78 Å². The summed E-state index contributed by atoms with van der Waals surface area (Å²) in [4.78, 5) is 47.1. The van der Waals surface area contributed by atoms with Crippen molar-refractivity contribution in [1.82, 2.24) is 0 Å². The number of hydrogen-bond acceptors (Lipinski definition) is 5. The van der Waals surface area contributed by atoms with Crippen LogP contribution in [0, 0.1) is 0 Å².